The Labute approximate surface area is 456 Å². The zero-order valence-electron chi connectivity index (χ0n) is 44.5. The van der Waals surface area contributed by atoms with E-state index in [9.17, 15) is 0 Å². The van der Waals surface area contributed by atoms with Crippen LogP contribution in [0.2, 0.25) is 0 Å². The quantitative estimate of drug-likeness (QED) is 0.0337. The number of benzene rings is 8. The molecule has 10 nitrogen and oxygen atoms in total. The Morgan fingerprint density at radius 2 is 0.897 bits per heavy atom. The van der Waals surface area contributed by atoms with Gasteiger partial charge < -0.3 is 9.13 Å². The van der Waals surface area contributed by atoms with Gasteiger partial charge in [-0.1, -0.05) is 165 Å². The van der Waals surface area contributed by atoms with Gasteiger partial charge in [0.25, 0.3) is 0 Å². The highest BCUT2D eigenvalue weighted by atomic mass is 15.5. The van der Waals surface area contributed by atoms with Crippen molar-refractivity contribution < 1.29 is 4.68 Å². The molecular weight excluding hydrogens is 957 g/mol. The van der Waals surface area contributed by atoms with E-state index in [4.69, 9.17) is 15.3 Å². The van der Waals surface area contributed by atoms with Gasteiger partial charge in [-0.15, -0.1) is 10.2 Å². The van der Waals surface area contributed by atoms with Crippen LogP contribution >= 0.6 is 0 Å². The van der Waals surface area contributed by atoms with E-state index in [1.807, 2.05) is 75.7 Å². The fourth-order valence-electron chi connectivity index (χ4n) is 11.1. The SMILES string of the molecule is Cc1cc(N(N=Cc2ccc3c(c2)c2ccccc2n3CCCCCCCCCCn2c3ccccc3c3cc(C=NN(c4ccccc4)c4cc(C)[n+](-c5ccccc5)[nH]4)ccc32)c2ccccc2)nn1-c1ccccc1. The lowest BCUT2D eigenvalue weighted by molar-refractivity contribution is -0.660. The van der Waals surface area contributed by atoms with Crippen LogP contribution in [0, 0.1) is 13.8 Å². The summed E-state index contributed by atoms with van der Waals surface area (Å²) in [7, 11) is 0. The number of unbranched alkanes of at least 4 members (excludes halogenated alkanes) is 7. The zero-order chi connectivity index (χ0) is 52.6. The topological polar surface area (TPSA) is 78.6 Å². The van der Waals surface area contributed by atoms with E-state index < -0.39 is 0 Å². The maximum atomic E-state index is 5.09. The van der Waals surface area contributed by atoms with Crippen LogP contribution in [0.5, 0.6) is 0 Å². The Balaban J connectivity index is 0.653. The number of anilines is 4. The monoisotopic (exact) mass is 1020 g/mol. The number of hydrazone groups is 2. The predicted molar refractivity (Wildman–Crippen MR) is 324 cm³/mol. The second kappa shape index (κ2) is 22.9. The summed E-state index contributed by atoms with van der Waals surface area (Å²) in [5.74, 6) is 1.65. The highest BCUT2D eigenvalue weighted by Gasteiger charge is 2.21. The summed E-state index contributed by atoms with van der Waals surface area (Å²) in [4.78, 5) is 0. The third kappa shape index (κ3) is 10.5. The number of hydrogen-bond acceptors (Lipinski definition) is 5. The van der Waals surface area contributed by atoms with E-state index in [1.165, 1.54) is 82.1 Å². The number of H-pyrrole nitrogens is 1. The normalized spacial score (nSPS) is 11.9. The molecule has 10 heteroatoms. The number of nitrogens with zero attached hydrogens (tertiary/aromatic N) is 9. The first kappa shape index (κ1) is 49.6. The van der Waals surface area contributed by atoms with Gasteiger partial charge in [-0.05, 0) is 104 Å². The number of aryl methyl sites for hydroxylation is 4. The van der Waals surface area contributed by atoms with Crippen LogP contribution in [0.15, 0.2) is 229 Å². The first-order chi connectivity index (χ1) is 38.5. The van der Waals surface area contributed by atoms with Crippen molar-refractivity contribution >= 4 is 79.1 Å². The predicted octanol–water partition coefficient (Wildman–Crippen LogP) is 16.5. The molecule has 0 amide bonds. The second-order valence-electron chi connectivity index (χ2n) is 20.3. The van der Waals surface area contributed by atoms with E-state index in [-0.39, 0.29) is 0 Å². The molecule has 4 heterocycles. The number of aromatic nitrogens is 6. The molecule has 0 aliphatic carbocycles. The molecule has 0 aliphatic heterocycles. The number of fused-ring (bicyclic) bond motifs is 6. The van der Waals surface area contributed by atoms with Crippen LogP contribution in [0.4, 0.5) is 23.0 Å². The number of para-hydroxylation sites is 6. The standard InChI is InChI=1S/C68H64N10/c1-51-45-67(71-75(51)55-27-13-9-14-28-55)77(57-31-17-11-18-32-57)69-49-53-39-41-65-61(47-53)59-35-21-23-37-63(59)73(65)43-25-7-5-3-4-6-8-26-44-74-64-38-24-22-36-60(64)62-48-54(40-42-66(62)74)50-70-78(58-33-19-12-20-34-58)68-46-52(2)76(72-68)56-29-15-10-16-30-56/h9-24,27-42,45-50H,3-8,25-26,43-44H2,1-2H3/p+1. The van der Waals surface area contributed by atoms with Crippen molar-refractivity contribution in [3.8, 4) is 11.4 Å². The summed E-state index contributed by atoms with van der Waals surface area (Å²) < 4.78 is 9.12. The molecule has 0 fully saturated rings. The summed E-state index contributed by atoms with van der Waals surface area (Å²) >= 11 is 0. The van der Waals surface area contributed by atoms with Crippen molar-refractivity contribution in [3.63, 3.8) is 0 Å². The lowest BCUT2D eigenvalue weighted by Gasteiger charge is -2.16. The average molecular weight is 1020 g/mol. The molecule has 0 saturated heterocycles. The first-order valence-electron chi connectivity index (χ1n) is 27.6. The van der Waals surface area contributed by atoms with Gasteiger partial charge in [-0.25, -0.2) is 14.7 Å². The minimum atomic E-state index is 0.762. The highest BCUT2D eigenvalue weighted by Crippen LogP contribution is 2.33. The molecule has 12 rings (SSSR count). The zero-order valence-corrected chi connectivity index (χ0v) is 44.5. The summed E-state index contributed by atoms with van der Waals surface area (Å²) in [5.41, 5.74) is 13.4. The van der Waals surface area contributed by atoms with Crippen LogP contribution in [-0.4, -0.2) is 36.4 Å². The van der Waals surface area contributed by atoms with Gasteiger partial charge in [0.2, 0.25) is 11.4 Å². The minimum absolute atomic E-state index is 0.762. The molecule has 1 N–H and O–H groups in total. The Morgan fingerprint density at radius 1 is 0.449 bits per heavy atom. The number of hydrogen-bond donors (Lipinski definition) is 1. The molecule has 78 heavy (non-hydrogen) atoms. The average Bonchev–Trinajstić information content (AvgIpc) is 4.39. The molecule has 8 aromatic carbocycles. The summed E-state index contributed by atoms with van der Waals surface area (Å²) in [5, 5.41) is 27.7. The molecule has 0 saturated carbocycles. The molecule has 0 radical (unpaired) electrons. The van der Waals surface area contributed by atoms with Crippen LogP contribution in [0.3, 0.4) is 0 Å². The minimum Gasteiger partial charge on any atom is -0.340 e. The van der Waals surface area contributed by atoms with E-state index >= 15 is 0 Å². The molecule has 0 bridgehead atoms. The van der Waals surface area contributed by atoms with Gasteiger partial charge in [-0.3, -0.25) is 0 Å². The smallest absolute Gasteiger partial charge is 0.235 e. The van der Waals surface area contributed by atoms with Gasteiger partial charge in [0.1, 0.15) is 0 Å². The Morgan fingerprint density at radius 3 is 1.45 bits per heavy atom. The molecule has 0 aliphatic rings. The van der Waals surface area contributed by atoms with Crippen LogP contribution in [0.25, 0.3) is 55.0 Å². The van der Waals surface area contributed by atoms with Crippen molar-refractivity contribution in [1.29, 1.82) is 0 Å². The molecule has 12 aromatic rings. The van der Waals surface area contributed by atoms with E-state index in [0.717, 1.165) is 82.8 Å². The lowest BCUT2D eigenvalue weighted by Crippen LogP contribution is -2.35. The number of aromatic amines is 1. The van der Waals surface area contributed by atoms with Crippen LogP contribution in [-0.2, 0) is 13.1 Å². The number of nitrogens with one attached hydrogen (secondary N) is 1. The fraction of sp³-hybridized carbons (Fsp3) is 0.176. The Bertz CT molecular complexity index is 3750. The third-order valence-electron chi connectivity index (χ3n) is 15.0. The van der Waals surface area contributed by atoms with Crippen molar-refractivity contribution in [3.05, 3.63) is 241 Å². The largest absolute Gasteiger partial charge is 0.340 e. The van der Waals surface area contributed by atoms with Crippen LogP contribution in [0.1, 0.15) is 73.9 Å². The third-order valence-corrected chi connectivity index (χ3v) is 15.0. The fourth-order valence-corrected chi connectivity index (χ4v) is 11.1. The molecule has 0 spiro atoms. The van der Waals surface area contributed by atoms with Gasteiger partial charge in [0, 0.05) is 87.5 Å². The molecule has 0 atom stereocenters. The van der Waals surface area contributed by atoms with E-state index in [0.29, 0.717) is 0 Å². The Hall–Kier alpha value is -9.28. The maximum Gasteiger partial charge on any atom is 0.235 e. The molecule has 4 aromatic heterocycles. The Kier molecular flexibility index (Phi) is 14.6. The first-order valence-corrected chi connectivity index (χ1v) is 27.6. The highest BCUT2D eigenvalue weighted by molar-refractivity contribution is 6.10. The van der Waals surface area contributed by atoms with E-state index in [1.54, 1.807) is 0 Å². The van der Waals surface area contributed by atoms with Crippen LogP contribution < -0.4 is 14.7 Å². The second-order valence-corrected chi connectivity index (χ2v) is 20.3. The number of rotatable bonds is 21. The molecule has 386 valence electrons. The van der Waals surface area contributed by atoms with Crippen molar-refractivity contribution in [1.82, 2.24) is 24.0 Å². The van der Waals surface area contributed by atoms with Crippen molar-refractivity contribution in [2.24, 2.45) is 10.2 Å². The summed E-state index contributed by atoms with van der Waals surface area (Å²) in [6.07, 6.45) is 13.8. The van der Waals surface area contributed by atoms with Gasteiger partial charge >= 0.3 is 0 Å². The van der Waals surface area contributed by atoms with Crippen molar-refractivity contribution in [2.45, 2.75) is 78.3 Å². The maximum absolute atomic E-state index is 5.09. The van der Waals surface area contributed by atoms with Gasteiger partial charge in [-0.2, -0.15) is 10.2 Å². The summed E-state index contributed by atoms with van der Waals surface area (Å²) in [6.45, 7) is 6.20. The molecule has 0 unspecified atom stereocenters. The van der Waals surface area contributed by atoms with Crippen molar-refractivity contribution in [2.75, 3.05) is 10.0 Å². The van der Waals surface area contributed by atoms with Gasteiger partial charge in [0.15, 0.2) is 11.6 Å². The van der Waals surface area contributed by atoms with Gasteiger partial charge in [0.05, 0.1) is 35.6 Å². The lowest BCUT2D eigenvalue weighted by atomic mass is 10.1. The van der Waals surface area contributed by atoms with E-state index in [2.05, 4.69) is 203 Å². The summed E-state index contributed by atoms with van der Waals surface area (Å²) in [6, 6.07) is 76.6. The molecular formula is C68H65N10+.